The summed E-state index contributed by atoms with van der Waals surface area (Å²) in [4.78, 5) is 14.4. The summed E-state index contributed by atoms with van der Waals surface area (Å²) in [5.41, 5.74) is 3.59. The minimum Gasteiger partial charge on any atom is -0.379 e. The predicted octanol–water partition coefficient (Wildman–Crippen LogP) is 3.72. The van der Waals surface area contributed by atoms with Crippen LogP contribution in [0.15, 0.2) is 48.5 Å². The summed E-state index contributed by atoms with van der Waals surface area (Å²) < 4.78 is 5.38. The van der Waals surface area contributed by atoms with Gasteiger partial charge in [0.05, 0.1) is 19.0 Å². The van der Waals surface area contributed by atoms with Crippen LogP contribution >= 0.6 is 23.4 Å². The van der Waals surface area contributed by atoms with Crippen LogP contribution in [-0.4, -0.2) is 42.9 Å². The summed E-state index contributed by atoms with van der Waals surface area (Å²) in [6.07, 6.45) is 0. The number of amides is 1. The molecular formula is C21H25ClN2O2S. The first kappa shape index (κ1) is 20.2. The van der Waals surface area contributed by atoms with Gasteiger partial charge < -0.3 is 10.1 Å². The van der Waals surface area contributed by atoms with E-state index in [1.165, 1.54) is 11.1 Å². The molecule has 0 radical (unpaired) electrons. The Hall–Kier alpha value is -1.53. The summed E-state index contributed by atoms with van der Waals surface area (Å²) in [5.74, 6) is 1.32. The normalized spacial score (nSPS) is 14.9. The molecule has 0 aromatic heterocycles. The summed E-state index contributed by atoms with van der Waals surface area (Å²) >= 11 is 7.48. The summed E-state index contributed by atoms with van der Waals surface area (Å²) in [6.45, 7) is 5.15. The Kier molecular flexibility index (Phi) is 8.02. The highest BCUT2D eigenvalue weighted by Gasteiger charge is 2.10. The van der Waals surface area contributed by atoms with Crippen molar-refractivity contribution in [2.24, 2.45) is 0 Å². The van der Waals surface area contributed by atoms with Crippen LogP contribution in [0.5, 0.6) is 0 Å². The highest BCUT2D eigenvalue weighted by molar-refractivity contribution is 7.99. The van der Waals surface area contributed by atoms with Crippen molar-refractivity contribution in [1.82, 2.24) is 10.2 Å². The first-order valence-electron chi connectivity index (χ1n) is 9.16. The Morgan fingerprint density at radius 3 is 2.33 bits per heavy atom. The van der Waals surface area contributed by atoms with E-state index >= 15 is 0 Å². The molecule has 0 saturated carbocycles. The first-order chi connectivity index (χ1) is 13.2. The molecule has 4 nitrogen and oxygen atoms in total. The average molecular weight is 405 g/mol. The maximum Gasteiger partial charge on any atom is 0.230 e. The van der Waals surface area contributed by atoms with E-state index < -0.39 is 0 Å². The topological polar surface area (TPSA) is 41.6 Å². The van der Waals surface area contributed by atoms with Gasteiger partial charge in [0.15, 0.2) is 0 Å². The zero-order valence-electron chi connectivity index (χ0n) is 15.3. The number of rotatable bonds is 8. The number of benzene rings is 2. The van der Waals surface area contributed by atoms with E-state index in [0.717, 1.165) is 49.2 Å². The van der Waals surface area contributed by atoms with Crippen LogP contribution in [0.4, 0.5) is 0 Å². The van der Waals surface area contributed by atoms with Crippen molar-refractivity contribution >= 4 is 29.3 Å². The van der Waals surface area contributed by atoms with Gasteiger partial charge in [-0.05, 0) is 28.8 Å². The van der Waals surface area contributed by atoms with E-state index in [4.69, 9.17) is 16.3 Å². The summed E-state index contributed by atoms with van der Waals surface area (Å²) in [5, 5.41) is 3.72. The van der Waals surface area contributed by atoms with Crippen LogP contribution in [-0.2, 0) is 28.4 Å². The molecule has 1 aliphatic rings. The van der Waals surface area contributed by atoms with E-state index in [9.17, 15) is 4.79 Å². The van der Waals surface area contributed by atoms with Gasteiger partial charge in [0.2, 0.25) is 5.91 Å². The van der Waals surface area contributed by atoms with Crippen LogP contribution in [0.25, 0.3) is 0 Å². The standard InChI is InChI=1S/C21H25ClN2O2S/c22-20-7-5-19(6-8-20)15-27-16-21(25)23-13-17-1-3-18(4-2-17)14-24-9-11-26-12-10-24/h1-8H,9-16H2,(H,23,25). The second-order valence-corrected chi connectivity index (χ2v) is 8.02. The smallest absolute Gasteiger partial charge is 0.230 e. The highest BCUT2D eigenvalue weighted by Crippen LogP contribution is 2.15. The van der Waals surface area contributed by atoms with Crippen molar-refractivity contribution in [3.63, 3.8) is 0 Å². The van der Waals surface area contributed by atoms with Gasteiger partial charge in [0, 0.05) is 37.0 Å². The molecule has 0 spiro atoms. The van der Waals surface area contributed by atoms with Gasteiger partial charge in [-0.25, -0.2) is 0 Å². The molecule has 144 valence electrons. The zero-order chi connectivity index (χ0) is 18.9. The minimum atomic E-state index is 0.0614. The van der Waals surface area contributed by atoms with Gasteiger partial charge in [-0.15, -0.1) is 11.8 Å². The first-order valence-corrected chi connectivity index (χ1v) is 10.7. The molecule has 27 heavy (non-hydrogen) atoms. The highest BCUT2D eigenvalue weighted by atomic mass is 35.5. The molecule has 6 heteroatoms. The van der Waals surface area contributed by atoms with Crippen LogP contribution in [0, 0.1) is 0 Å². The monoisotopic (exact) mass is 404 g/mol. The van der Waals surface area contributed by atoms with Crippen molar-refractivity contribution in [3.05, 3.63) is 70.2 Å². The number of halogens is 1. The van der Waals surface area contributed by atoms with E-state index in [1.807, 2.05) is 24.3 Å². The fourth-order valence-electron chi connectivity index (χ4n) is 2.87. The van der Waals surface area contributed by atoms with Crippen molar-refractivity contribution in [3.8, 4) is 0 Å². The maximum absolute atomic E-state index is 12.0. The van der Waals surface area contributed by atoms with Gasteiger partial charge >= 0.3 is 0 Å². The van der Waals surface area contributed by atoms with Gasteiger partial charge in [0.1, 0.15) is 0 Å². The van der Waals surface area contributed by atoms with E-state index in [2.05, 4.69) is 34.5 Å². The van der Waals surface area contributed by atoms with Crippen LogP contribution in [0.1, 0.15) is 16.7 Å². The number of nitrogens with zero attached hydrogens (tertiary/aromatic N) is 1. The van der Waals surface area contributed by atoms with Gasteiger partial charge in [0.25, 0.3) is 0 Å². The summed E-state index contributed by atoms with van der Waals surface area (Å²) in [7, 11) is 0. The third-order valence-electron chi connectivity index (χ3n) is 4.44. The average Bonchev–Trinajstić information content (AvgIpc) is 2.70. The molecule has 1 heterocycles. The molecule has 1 fully saturated rings. The number of morpholine rings is 1. The van der Waals surface area contributed by atoms with Crippen molar-refractivity contribution in [2.75, 3.05) is 32.1 Å². The number of nitrogens with one attached hydrogen (secondary N) is 1. The largest absolute Gasteiger partial charge is 0.379 e. The van der Waals surface area contributed by atoms with Crippen molar-refractivity contribution in [1.29, 1.82) is 0 Å². The molecule has 1 amide bonds. The number of carbonyl (C=O) groups is 1. The van der Waals surface area contributed by atoms with E-state index in [-0.39, 0.29) is 5.91 Å². The summed E-state index contributed by atoms with van der Waals surface area (Å²) in [6, 6.07) is 16.2. The molecule has 0 aliphatic carbocycles. The Morgan fingerprint density at radius 2 is 1.63 bits per heavy atom. The number of hydrogen-bond donors (Lipinski definition) is 1. The third kappa shape index (κ3) is 7.18. The fourth-order valence-corrected chi connectivity index (χ4v) is 3.82. The van der Waals surface area contributed by atoms with Gasteiger partial charge in [-0.3, -0.25) is 9.69 Å². The third-order valence-corrected chi connectivity index (χ3v) is 5.69. The lowest BCUT2D eigenvalue weighted by molar-refractivity contribution is -0.118. The molecule has 0 bridgehead atoms. The van der Waals surface area contributed by atoms with Crippen molar-refractivity contribution in [2.45, 2.75) is 18.8 Å². The fraction of sp³-hybridized carbons (Fsp3) is 0.381. The second-order valence-electron chi connectivity index (χ2n) is 6.60. The van der Waals surface area contributed by atoms with Crippen LogP contribution in [0.2, 0.25) is 5.02 Å². The molecular weight excluding hydrogens is 380 g/mol. The Balaban J connectivity index is 1.35. The Labute approximate surface area is 170 Å². The number of ether oxygens (including phenoxy) is 1. The SMILES string of the molecule is O=C(CSCc1ccc(Cl)cc1)NCc1ccc(CN2CCOCC2)cc1. The number of carbonyl (C=O) groups excluding carboxylic acids is 1. The Bertz CT molecular complexity index is 716. The molecule has 3 rings (SSSR count). The molecule has 1 saturated heterocycles. The van der Waals surface area contributed by atoms with Crippen LogP contribution in [0.3, 0.4) is 0 Å². The zero-order valence-corrected chi connectivity index (χ0v) is 16.9. The quantitative estimate of drug-likeness (QED) is 0.728. The maximum atomic E-state index is 12.0. The lowest BCUT2D eigenvalue weighted by atomic mass is 10.1. The van der Waals surface area contributed by atoms with Crippen LogP contribution < -0.4 is 5.32 Å². The molecule has 0 unspecified atom stereocenters. The Morgan fingerprint density at radius 1 is 1.00 bits per heavy atom. The van der Waals surface area contributed by atoms with Gasteiger partial charge in [-0.2, -0.15) is 0 Å². The molecule has 2 aromatic rings. The number of thioether (sulfide) groups is 1. The number of hydrogen-bond acceptors (Lipinski definition) is 4. The molecule has 1 aliphatic heterocycles. The van der Waals surface area contributed by atoms with Gasteiger partial charge in [-0.1, -0.05) is 48.0 Å². The van der Waals surface area contributed by atoms with E-state index in [0.29, 0.717) is 12.3 Å². The predicted molar refractivity (Wildman–Crippen MR) is 112 cm³/mol. The van der Waals surface area contributed by atoms with E-state index in [1.54, 1.807) is 11.8 Å². The van der Waals surface area contributed by atoms with Crippen molar-refractivity contribution < 1.29 is 9.53 Å². The molecule has 1 N–H and O–H groups in total. The molecule has 0 atom stereocenters. The lowest BCUT2D eigenvalue weighted by Gasteiger charge is -2.26. The lowest BCUT2D eigenvalue weighted by Crippen LogP contribution is -2.35. The molecule has 2 aromatic carbocycles. The second kappa shape index (κ2) is 10.7. The minimum absolute atomic E-state index is 0.0614.